The van der Waals surface area contributed by atoms with Crippen molar-refractivity contribution in [3.63, 3.8) is 0 Å². The van der Waals surface area contributed by atoms with Crippen LogP contribution in [0.5, 0.6) is 0 Å². The van der Waals surface area contributed by atoms with Crippen LogP contribution in [0.15, 0.2) is 128 Å². The number of β-lactam (4-membered cyclic amide) rings is 1. The number of Topliss-reactive ketones (excluding diaryl/α,β-unsaturated/α-hetero) is 1. The minimum atomic E-state index is -5.07. The van der Waals surface area contributed by atoms with Gasteiger partial charge in [-0.15, -0.1) is 0 Å². The van der Waals surface area contributed by atoms with Gasteiger partial charge < -0.3 is 0 Å². The molecule has 0 saturated carbocycles. The number of hydrogen-bond acceptors (Lipinski definition) is 9. The summed E-state index contributed by atoms with van der Waals surface area (Å²) in [5, 5.41) is 1.58. The molecule has 0 bridgehead atoms. The van der Waals surface area contributed by atoms with E-state index in [0.717, 1.165) is 0 Å². The average molecular weight is 809 g/mol. The van der Waals surface area contributed by atoms with Gasteiger partial charge in [-0.25, -0.2) is 0 Å². The molecule has 11 nitrogen and oxygen atoms in total. The van der Waals surface area contributed by atoms with Gasteiger partial charge in [0.2, 0.25) is 0 Å². The predicted octanol–water partition coefficient (Wildman–Crippen LogP) is 6.69. The molecule has 2 amide bonds. The molecule has 0 aliphatic carbocycles. The van der Waals surface area contributed by atoms with Crippen LogP contribution < -0.4 is 20.8 Å². The van der Waals surface area contributed by atoms with E-state index in [1.165, 1.54) is 17.9 Å². The van der Waals surface area contributed by atoms with Gasteiger partial charge in [-0.1, -0.05) is 0 Å². The molecule has 2 aliphatic rings. The number of rotatable bonds is 16. The Morgan fingerprint density at radius 1 is 0.860 bits per heavy atom. The Bertz CT molecular complexity index is 2030. The average Bonchev–Trinajstić information content (AvgIpc) is 3.63. The Balaban J connectivity index is 1.61. The molecule has 6 rings (SSSR count). The molecular formula is C44H49N2O9PSi. The van der Waals surface area contributed by atoms with Gasteiger partial charge in [-0.05, 0) is 0 Å². The van der Waals surface area contributed by atoms with E-state index in [1.54, 1.807) is 28.9 Å². The molecule has 13 heteroatoms. The van der Waals surface area contributed by atoms with Crippen molar-refractivity contribution < 1.29 is 42.4 Å². The van der Waals surface area contributed by atoms with Crippen molar-refractivity contribution in [1.82, 2.24) is 4.67 Å². The van der Waals surface area contributed by atoms with Crippen LogP contribution in [-0.2, 0) is 32.8 Å². The molecule has 4 atom stereocenters. The summed E-state index contributed by atoms with van der Waals surface area (Å²) in [7, 11) is -2.23. The fourth-order valence-electron chi connectivity index (χ4n) is 8.06. The SMILES string of the molecule is C=CCC(OC(C)=O)C(=O)OP(c1ccccc1)(c1ccccc1)(c1ccccc1)N1C(=O)[C@H]([C@@H](C)O[Si](C)(C)C)[C@H]1CC(=O)c1ccc(N2CCOC2=O)cc1. The Morgan fingerprint density at radius 3 is 1.82 bits per heavy atom. The number of hydrogen-bond donors (Lipinski definition) is 0. The molecule has 1 unspecified atom stereocenters. The molecule has 57 heavy (non-hydrogen) atoms. The van der Waals surface area contributed by atoms with Crippen LogP contribution in [-0.4, -0.2) is 74.1 Å². The minimum absolute atomic E-state index is 0.0476. The van der Waals surface area contributed by atoms with Crippen molar-refractivity contribution >= 4 is 66.6 Å². The normalized spacial score (nSPS) is 18.6. The molecule has 4 aromatic carbocycles. The summed E-state index contributed by atoms with van der Waals surface area (Å²) in [5.41, 5.74) is 0.973. The van der Waals surface area contributed by atoms with Gasteiger partial charge in [-0.3, -0.25) is 0 Å². The third kappa shape index (κ3) is 7.69. The number of ether oxygens (including phenoxy) is 2. The van der Waals surface area contributed by atoms with Crippen LogP contribution in [0.1, 0.15) is 37.0 Å². The number of cyclic esters (lactones) is 1. The second-order valence-electron chi connectivity index (χ2n) is 15.2. The molecule has 2 saturated heterocycles. The van der Waals surface area contributed by atoms with Crippen LogP contribution in [0.25, 0.3) is 0 Å². The number of ketones is 1. The van der Waals surface area contributed by atoms with Gasteiger partial charge in [0.15, 0.2) is 0 Å². The van der Waals surface area contributed by atoms with Gasteiger partial charge in [0.1, 0.15) is 0 Å². The summed E-state index contributed by atoms with van der Waals surface area (Å²) in [6.07, 6.45) is -1.17. The van der Waals surface area contributed by atoms with Crippen molar-refractivity contribution in [2.24, 2.45) is 5.92 Å². The van der Waals surface area contributed by atoms with E-state index in [1.807, 2.05) is 118 Å². The molecule has 4 aromatic rings. The Morgan fingerprint density at radius 2 is 1.39 bits per heavy atom. The number of esters is 1. The Kier molecular flexibility index (Phi) is 12.0. The van der Waals surface area contributed by atoms with E-state index in [4.69, 9.17) is 18.4 Å². The monoisotopic (exact) mass is 808 g/mol. The summed E-state index contributed by atoms with van der Waals surface area (Å²) in [5.74, 6) is -2.97. The Labute approximate surface area is 334 Å². The van der Waals surface area contributed by atoms with Crippen molar-refractivity contribution in [3.8, 4) is 0 Å². The first-order valence-electron chi connectivity index (χ1n) is 19.0. The van der Waals surface area contributed by atoms with Crippen LogP contribution >= 0.6 is 6.98 Å². The second-order valence-corrected chi connectivity index (χ2v) is 23.8. The maximum absolute atomic E-state index is 15.5. The summed E-state index contributed by atoms with van der Waals surface area (Å²) in [6, 6.07) is 33.3. The van der Waals surface area contributed by atoms with Crippen LogP contribution in [0.4, 0.5) is 10.5 Å². The van der Waals surface area contributed by atoms with Gasteiger partial charge in [0, 0.05) is 0 Å². The molecular weight excluding hydrogens is 760 g/mol. The van der Waals surface area contributed by atoms with Gasteiger partial charge in [0.05, 0.1) is 0 Å². The summed E-state index contributed by atoms with van der Waals surface area (Å²) in [4.78, 5) is 71.2. The number of benzene rings is 4. The Hall–Kier alpha value is -5.42. The number of amides is 2. The zero-order valence-electron chi connectivity index (χ0n) is 32.9. The van der Waals surface area contributed by atoms with Crippen LogP contribution in [0.3, 0.4) is 0 Å². The van der Waals surface area contributed by atoms with Crippen molar-refractivity contribution in [2.75, 3.05) is 18.1 Å². The standard InChI is InChI=1S/C44H49N2O9PSi/c1-7-17-40(53-32(3)47)43(50)54-56(35-18-11-8-12-19-35,36-20-13-9-14-21-36,37-22-15-10-16-23-37)46-38(41(42(46)49)31(2)55-57(4,5)6)30-39(48)33-24-26-34(27-25-33)45-28-29-52-44(45)51/h7-16,18-27,31,38,40-41H,1,17,28-30H2,2-6H3/t31-,38-,40?,41-/m1/s1. The fourth-order valence-corrected chi connectivity index (χ4v) is 15.3. The molecule has 0 spiro atoms. The number of carbonyl (C=O) groups excluding carboxylic acids is 5. The summed E-state index contributed by atoms with van der Waals surface area (Å²) < 4.78 is 26.1. The van der Waals surface area contributed by atoms with Gasteiger partial charge >= 0.3 is 336 Å². The predicted molar refractivity (Wildman–Crippen MR) is 224 cm³/mol. The van der Waals surface area contributed by atoms with Crippen molar-refractivity contribution in [3.05, 3.63) is 133 Å². The molecule has 298 valence electrons. The van der Waals surface area contributed by atoms with E-state index in [9.17, 15) is 19.2 Å². The number of carbonyl (C=O) groups is 5. The van der Waals surface area contributed by atoms with Crippen LogP contribution in [0, 0.1) is 5.92 Å². The molecule has 0 N–H and O–H groups in total. The van der Waals surface area contributed by atoms with Crippen molar-refractivity contribution in [2.45, 2.75) is 64.6 Å². The molecule has 2 fully saturated rings. The van der Waals surface area contributed by atoms with E-state index in [-0.39, 0.29) is 31.1 Å². The van der Waals surface area contributed by atoms with E-state index in [2.05, 4.69) is 6.58 Å². The topological polar surface area (TPSA) is 129 Å². The van der Waals surface area contributed by atoms with Gasteiger partial charge in [0.25, 0.3) is 0 Å². The van der Waals surface area contributed by atoms with Crippen molar-refractivity contribution in [1.29, 1.82) is 0 Å². The van der Waals surface area contributed by atoms with E-state index >= 15 is 4.79 Å². The first kappa shape index (κ1) is 41.2. The zero-order chi connectivity index (χ0) is 41.0. The third-order valence-corrected chi connectivity index (χ3v) is 17.0. The zero-order valence-corrected chi connectivity index (χ0v) is 34.8. The molecule has 0 radical (unpaired) electrons. The first-order valence-corrected chi connectivity index (χ1v) is 24.5. The number of anilines is 1. The molecule has 2 heterocycles. The summed E-state index contributed by atoms with van der Waals surface area (Å²) in [6.45, 7) is 8.58. The maximum atomic E-state index is 15.5. The van der Waals surface area contributed by atoms with E-state index < -0.39 is 57.5 Å². The third-order valence-electron chi connectivity index (χ3n) is 10.3. The fraction of sp³-hybridized carbons (Fsp3) is 0.295. The number of nitrogens with zero attached hydrogens (tertiary/aromatic N) is 2. The molecule has 2 aliphatic heterocycles. The summed E-state index contributed by atoms with van der Waals surface area (Å²) >= 11 is 0. The van der Waals surface area contributed by atoms with E-state index in [0.29, 0.717) is 33.7 Å². The quantitative estimate of drug-likeness (QED) is 0.0304. The second kappa shape index (κ2) is 16.6. The first-order chi connectivity index (χ1) is 27.2. The van der Waals surface area contributed by atoms with Crippen LogP contribution in [0.2, 0.25) is 19.6 Å². The molecule has 0 aromatic heterocycles. The van der Waals surface area contributed by atoms with Gasteiger partial charge in [-0.2, -0.15) is 0 Å².